The van der Waals surface area contributed by atoms with Crippen molar-refractivity contribution in [1.29, 1.82) is 0 Å². The van der Waals surface area contributed by atoms with Gasteiger partial charge in [-0.2, -0.15) is 0 Å². The lowest BCUT2D eigenvalue weighted by Gasteiger charge is -2.11. The largest absolute Gasteiger partial charge is 0.300 e. The van der Waals surface area contributed by atoms with E-state index in [1.54, 1.807) is 6.92 Å². The summed E-state index contributed by atoms with van der Waals surface area (Å²) in [4.78, 5) is 10.8. The molecule has 60 valence electrons. The van der Waals surface area contributed by atoms with Gasteiger partial charge in [0.25, 0.3) is 0 Å². The summed E-state index contributed by atoms with van der Waals surface area (Å²) in [7, 11) is 0. The average Bonchev–Trinajstić information content (AvgIpc) is 1.87. The van der Waals surface area contributed by atoms with Gasteiger partial charge in [-0.25, -0.2) is 0 Å². The summed E-state index contributed by atoms with van der Waals surface area (Å²) >= 11 is 0. The number of Topliss-reactive ketones (excluding diaryl/α,β-unsaturated/α-hetero) is 1. The molecule has 0 heterocycles. The Bertz CT molecular complexity index is 107. The molecule has 0 fully saturated rings. The van der Waals surface area contributed by atoms with E-state index in [2.05, 4.69) is 13.8 Å². The molecule has 0 rings (SSSR count). The van der Waals surface area contributed by atoms with Crippen molar-refractivity contribution in [3.05, 3.63) is 0 Å². The van der Waals surface area contributed by atoms with Crippen LogP contribution >= 0.6 is 0 Å². The Morgan fingerprint density at radius 1 is 1.40 bits per heavy atom. The molecule has 0 bridgehead atoms. The highest BCUT2D eigenvalue weighted by Crippen LogP contribution is 2.14. The van der Waals surface area contributed by atoms with Crippen LogP contribution in [0.3, 0.4) is 0 Å². The Morgan fingerprint density at radius 2 is 1.90 bits per heavy atom. The maximum atomic E-state index is 10.8. The van der Waals surface area contributed by atoms with Gasteiger partial charge in [-0.3, -0.25) is 4.79 Å². The molecule has 0 aliphatic carbocycles. The fourth-order valence-corrected chi connectivity index (χ4v) is 0.936. The van der Waals surface area contributed by atoms with E-state index in [1.807, 2.05) is 6.92 Å². The number of rotatable bonds is 4. The van der Waals surface area contributed by atoms with Crippen LogP contribution in [0.1, 0.15) is 40.5 Å². The van der Waals surface area contributed by atoms with Crippen molar-refractivity contribution in [3.63, 3.8) is 0 Å². The van der Waals surface area contributed by atoms with E-state index in [0.29, 0.717) is 11.7 Å². The summed E-state index contributed by atoms with van der Waals surface area (Å²) in [5.74, 6) is 1.27. The van der Waals surface area contributed by atoms with Crippen LogP contribution in [0, 0.1) is 11.8 Å². The quantitative estimate of drug-likeness (QED) is 0.589. The monoisotopic (exact) mass is 142 g/mol. The summed E-state index contributed by atoms with van der Waals surface area (Å²) in [5, 5.41) is 0. The third-order valence-electron chi connectivity index (χ3n) is 2.15. The van der Waals surface area contributed by atoms with Crippen LogP contribution in [0.4, 0.5) is 0 Å². The Morgan fingerprint density at radius 3 is 2.20 bits per heavy atom. The molecule has 0 saturated carbocycles. The lowest BCUT2D eigenvalue weighted by atomic mass is 9.93. The predicted molar refractivity (Wildman–Crippen MR) is 43.9 cm³/mol. The molecule has 1 heteroatoms. The lowest BCUT2D eigenvalue weighted by Crippen LogP contribution is -2.10. The van der Waals surface area contributed by atoms with Crippen molar-refractivity contribution >= 4 is 5.78 Å². The first-order valence-electron chi connectivity index (χ1n) is 4.08. The fraction of sp³-hybridized carbons (Fsp3) is 0.889. The second-order valence-electron chi connectivity index (χ2n) is 3.26. The molecule has 1 nitrogen and oxygen atoms in total. The maximum absolute atomic E-state index is 10.8. The molecule has 0 aromatic heterocycles. The molecule has 0 unspecified atom stereocenters. The van der Waals surface area contributed by atoms with Crippen molar-refractivity contribution < 1.29 is 4.79 Å². The zero-order valence-corrected chi connectivity index (χ0v) is 7.48. The molecule has 0 radical (unpaired) electrons. The van der Waals surface area contributed by atoms with Crippen molar-refractivity contribution in [1.82, 2.24) is 0 Å². The standard InChI is InChI=1S/C9H18O/c1-5-7(2)6-8(3)9(4)10/h7-8H,5-6H2,1-4H3/t7-,8-/m0/s1. The van der Waals surface area contributed by atoms with Crippen LogP contribution < -0.4 is 0 Å². The molecule has 0 amide bonds. The minimum absolute atomic E-state index is 0.259. The van der Waals surface area contributed by atoms with Gasteiger partial charge in [0, 0.05) is 5.92 Å². The van der Waals surface area contributed by atoms with Crippen molar-refractivity contribution in [3.8, 4) is 0 Å². The number of hydrogen-bond acceptors (Lipinski definition) is 1. The van der Waals surface area contributed by atoms with Gasteiger partial charge < -0.3 is 0 Å². The normalized spacial score (nSPS) is 16.4. The van der Waals surface area contributed by atoms with E-state index in [-0.39, 0.29) is 5.92 Å². The van der Waals surface area contributed by atoms with Crippen molar-refractivity contribution in [2.45, 2.75) is 40.5 Å². The average molecular weight is 142 g/mol. The first kappa shape index (κ1) is 9.67. The van der Waals surface area contributed by atoms with Crippen LogP contribution in [0.5, 0.6) is 0 Å². The Balaban J connectivity index is 3.56. The molecular weight excluding hydrogens is 124 g/mol. The summed E-state index contributed by atoms with van der Waals surface area (Å²) < 4.78 is 0. The summed E-state index contributed by atoms with van der Waals surface area (Å²) in [6, 6.07) is 0. The SMILES string of the molecule is CC[C@H](C)C[C@H](C)C(C)=O. The van der Waals surface area contributed by atoms with Gasteiger partial charge in [-0.05, 0) is 19.3 Å². The van der Waals surface area contributed by atoms with E-state index < -0.39 is 0 Å². The van der Waals surface area contributed by atoms with Crippen molar-refractivity contribution in [2.75, 3.05) is 0 Å². The number of carbonyl (C=O) groups excluding carboxylic acids is 1. The van der Waals surface area contributed by atoms with Gasteiger partial charge in [0.1, 0.15) is 5.78 Å². The predicted octanol–water partition coefficient (Wildman–Crippen LogP) is 2.65. The van der Waals surface area contributed by atoms with Crippen LogP contribution in [0.25, 0.3) is 0 Å². The molecule has 0 spiro atoms. The van der Waals surface area contributed by atoms with E-state index in [1.165, 1.54) is 6.42 Å². The Labute approximate surface area is 63.8 Å². The second-order valence-corrected chi connectivity index (χ2v) is 3.26. The number of carbonyl (C=O) groups is 1. The Hall–Kier alpha value is -0.330. The summed E-state index contributed by atoms with van der Waals surface area (Å²) in [6.45, 7) is 8.04. The molecule has 0 saturated heterocycles. The van der Waals surface area contributed by atoms with Crippen LogP contribution in [-0.2, 0) is 4.79 Å². The van der Waals surface area contributed by atoms with Crippen molar-refractivity contribution in [2.24, 2.45) is 11.8 Å². The molecule has 0 aliphatic rings. The highest BCUT2D eigenvalue weighted by Gasteiger charge is 2.10. The number of hydrogen-bond donors (Lipinski definition) is 0. The fourth-order valence-electron chi connectivity index (χ4n) is 0.936. The highest BCUT2D eigenvalue weighted by molar-refractivity contribution is 5.77. The molecule has 0 aliphatic heterocycles. The minimum Gasteiger partial charge on any atom is -0.300 e. The maximum Gasteiger partial charge on any atom is 0.132 e. The van der Waals surface area contributed by atoms with Crippen LogP contribution in [-0.4, -0.2) is 5.78 Å². The zero-order chi connectivity index (χ0) is 8.15. The van der Waals surface area contributed by atoms with Gasteiger partial charge >= 0.3 is 0 Å². The summed E-state index contributed by atoms with van der Waals surface area (Å²) in [6.07, 6.45) is 2.23. The third kappa shape index (κ3) is 3.65. The van der Waals surface area contributed by atoms with E-state index in [4.69, 9.17) is 0 Å². The molecule has 0 N–H and O–H groups in total. The topological polar surface area (TPSA) is 17.1 Å². The Kier molecular flexibility index (Phi) is 4.33. The lowest BCUT2D eigenvalue weighted by molar-refractivity contribution is -0.120. The second kappa shape index (κ2) is 4.48. The minimum atomic E-state index is 0.259. The van der Waals surface area contributed by atoms with Crippen LogP contribution in [0.15, 0.2) is 0 Å². The van der Waals surface area contributed by atoms with Gasteiger partial charge in [-0.1, -0.05) is 27.2 Å². The van der Waals surface area contributed by atoms with E-state index >= 15 is 0 Å². The zero-order valence-electron chi connectivity index (χ0n) is 7.48. The first-order valence-corrected chi connectivity index (χ1v) is 4.08. The van der Waals surface area contributed by atoms with Gasteiger partial charge in [0.05, 0.1) is 0 Å². The molecule has 0 aromatic rings. The van der Waals surface area contributed by atoms with Crippen LogP contribution in [0.2, 0.25) is 0 Å². The number of ketones is 1. The third-order valence-corrected chi connectivity index (χ3v) is 2.15. The van der Waals surface area contributed by atoms with E-state index in [9.17, 15) is 4.79 Å². The smallest absolute Gasteiger partial charge is 0.132 e. The van der Waals surface area contributed by atoms with E-state index in [0.717, 1.165) is 6.42 Å². The molecule has 2 atom stereocenters. The molecule has 10 heavy (non-hydrogen) atoms. The first-order chi connectivity index (χ1) is 4.57. The molecular formula is C9H18O. The summed E-state index contributed by atoms with van der Waals surface area (Å²) in [5.41, 5.74) is 0. The van der Waals surface area contributed by atoms with Gasteiger partial charge in [-0.15, -0.1) is 0 Å². The van der Waals surface area contributed by atoms with Gasteiger partial charge in [0.2, 0.25) is 0 Å². The van der Waals surface area contributed by atoms with Gasteiger partial charge in [0.15, 0.2) is 0 Å². The molecule has 0 aromatic carbocycles. The highest BCUT2D eigenvalue weighted by atomic mass is 16.1.